The van der Waals surface area contributed by atoms with Crippen LogP contribution in [0.25, 0.3) is 10.9 Å². The second-order valence-corrected chi connectivity index (χ2v) is 6.75. The summed E-state index contributed by atoms with van der Waals surface area (Å²) >= 11 is 0. The van der Waals surface area contributed by atoms with Crippen molar-refractivity contribution >= 4 is 22.6 Å². The Hall–Kier alpha value is -3.19. The maximum absolute atomic E-state index is 12.4. The lowest BCUT2D eigenvalue weighted by molar-refractivity contribution is -0.120. The van der Waals surface area contributed by atoms with E-state index >= 15 is 0 Å². The molecular formula is C21H22N4O3. The lowest BCUT2D eigenvalue weighted by atomic mass is 10.1. The van der Waals surface area contributed by atoms with Gasteiger partial charge in [-0.1, -0.05) is 24.3 Å². The summed E-state index contributed by atoms with van der Waals surface area (Å²) in [6.07, 6.45) is 1.79. The minimum Gasteiger partial charge on any atom is -0.378 e. The highest BCUT2D eigenvalue weighted by molar-refractivity contribution is 5.82. The van der Waals surface area contributed by atoms with Gasteiger partial charge in [0.05, 0.1) is 19.6 Å². The molecule has 0 atom stereocenters. The van der Waals surface area contributed by atoms with Crippen LogP contribution in [0, 0.1) is 0 Å². The fraction of sp³-hybridized carbons (Fsp3) is 0.286. The highest BCUT2D eigenvalue weighted by Gasteiger charge is 2.16. The average Bonchev–Trinajstić information content (AvgIpc) is 2.74. The van der Waals surface area contributed by atoms with Gasteiger partial charge in [-0.2, -0.15) is 0 Å². The number of nitrogens with zero attached hydrogens (tertiary/aromatic N) is 2. The van der Waals surface area contributed by atoms with Crippen LogP contribution < -0.4 is 15.8 Å². The number of anilines is 1. The molecule has 3 heterocycles. The van der Waals surface area contributed by atoms with E-state index in [-0.39, 0.29) is 17.9 Å². The fourth-order valence-corrected chi connectivity index (χ4v) is 3.38. The lowest BCUT2D eigenvalue weighted by Gasteiger charge is -2.29. The number of nitrogens with one attached hydrogen (secondary N) is 2. The number of hydrogen-bond donors (Lipinski definition) is 2. The first-order chi connectivity index (χ1) is 13.7. The number of hydrogen-bond acceptors (Lipinski definition) is 5. The van der Waals surface area contributed by atoms with Crippen molar-refractivity contribution in [2.45, 2.75) is 13.0 Å². The van der Waals surface area contributed by atoms with Crippen molar-refractivity contribution in [3.63, 3.8) is 0 Å². The highest BCUT2D eigenvalue weighted by Crippen LogP contribution is 2.18. The Kier molecular flexibility index (Phi) is 5.34. The van der Waals surface area contributed by atoms with Gasteiger partial charge in [0.15, 0.2) is 0 Å². The molecule has 1 saturated heterocycles. The molecule has 144 valence electrons. The summed E-state index contributed by atoms with van der Waals surface area (Å²) in [5, 5.41) is 3.82. The molecule has 0 unspecified atom stereocenters. The Balaban J connectivity index is 1.44. The molecule has 7 nitrogen and oxygen atoms in total. The Morgan fingerprint density at radius 2 is 1.96 bits per heavy atom. The number of rotatable bonds is 5. The van der Waals surface area contributed by atoms with Crippen molar-refractivity contribution in [2.24, 2.45) is 0 Å². The van der Waals surface area contributed by atoms with E-state index in [4.69, 9.17) is 4.74 Å². The second-order valence-electron chi connectivity index (χ2n) is 6.75. The average molecular weight is 378 g/mol. The number of pyridine rings is 2. The number of ether oxygens (including phenoxy) is 1. The predicted octanol–water partition coefficient (Wildman–Crippen LogP) is 1.62. The zero-order valence-corrected chi connectivity index (χ0v) is 15.5. The number of amides is 1. The molecular weight excluding hydrogens is 356 g/mol. The Labute approximate surface area is 162 Å². The van der Waals surface area contributed by atoms with E-state index in [0.717, 1.165) is 35.4 Å². The van der Waals surface area contributed by atoms with Crippen LogP contribution in [0.3, 0.4) is 0 Å². The van der Waals surface area contributed by atoms with Gasteiger partial charge in [0.25, 0.3) is 5.56 Å². The topological polar surface area (TPSA) is 87.3 Å². The van der Waals surface area contributed by atoms with E-state index in [9.17, 15) is 9.59 Å². The predicted molar refractivity (Wildman–Crippen MR) is 107 cm³/mol. The highest BCUT2D eigenvalue weighted by atomic mass is 16.5. The quantitative estimate of drug-likeness (QED) is 0.705. The number of fused-ring (bicyclic) bond motifs is 1. The number of carbonyl (C=O) groups excluding carboxylic acids is 1. The summed E-state index contributed by atoms with van der Waals surface area (Å²) in [5.74, 6) is 0.673. The summed E-state index contributed by atoms with van der Waals surface area (Å²) in [7, 11) is 0. The molecule has 0 saturated carbocycles. The first kappa shape index (κ1) is 18.2. The molecule has 3 aromatic rings. The van der Waals surface area contributed by atoms with Crippen LogP contribution in [-0.4, -0.2) is 42.2 Å². The summed E-state index contributed by atoms with van der Waals surface area (Å²) in [5.41, 5.74) is 1.94. The molecule has 0 bridgehead atoms. The van der Waals surface area contributed by atoms with Gasteiger partial charge < -0.3 is 19.9 Å². The third-order valence-electron chi connectivity index (χ3n) is 4.84. The number of aromatic amines is 1. The maximum Gasteiger partial charge on any atom is 0.252 e. The van der Waals surface area contributed by atoms with Gasteiger partial charge in [-0.3, -0.25) is 9.59 Å². The molecule has 0 radical (unpaired) electrons. The van der Waals surface area contributed by atoms with Gasteiger partial charge >= 0.3 is 0 Å². The molecule has 2 N–H and O–H groups in total. The van der Waals surface area contributed by atoms with E-state index in [1.54, 1.807) is 12.3 Å². The summed E-state index contributed by atoms with van der Waals surface area (Å²) < 4.78 is 5.40. The third-order valence-corrected chi connectivity index (χ3v) is 4.84. The molecule has 28 heavy (non-hydrogen) atoms. The molecule has 4 rings (SSSR count). The third kappa shape index (κ3) is 4.04. The molecule has 7 heteroatoms. The molecule has 1 amide bonds. The summed E-state index contributed by atoms with van der Waals surface area (Å²) in [6, 6.07) is 13.1. The molecule has 1 aliphatic heterocycles. The van der Waals surface area contributed by atoms with E-state index in [1.807, 2.05) is 36.4 Å². The summed E-state index contributed by atoms with van der Waals surface area (Å²) in [4.78, 5) is 34.2. The zero-order valence-electron chi connectivity index (χ0n) is 15.5. The van der Waals surface area contributed by atoms with Crippen LogP contribution in [0.15, 0.2) is 53.5 Å². The van der Waals surface area contributed by atoms with Gasteiger partial charge in [0.2, 0.25) is 5.91 Å². The van der Waals surface area contributed by atoms with Gasteiger partial charge in [-0.05, 0) is 23.6 Å². The summed E-state index contributed by atoms with van der Waals surface area (Å²) in [6.45, 7) is 3.28. The number of benzene rings is 1. The molecule has 1 aliphatic rings. The van der Waals surface area contributed by atoms with Crippen molar-refractivity contribution < 1.29 is 9.53 Å². The smallest absolute Gasteiger partial charge is 0.252 e. The minimum absolute atomic E-state index is 0.0350. The van der Waals surface area contributed by atoms with Crippen LogP contribution in [-0.2, 0) is 22.5 Å². The van der Waals surface area contributed by atoms with Crippen molar-refractivity contribution in [3.8, 4) is 0 Å². The zero-order chi connectivity index (χ0) is 19.3. The van der Waals surface area contributed by atoms with E-state index in [2.05, 4.69) is 20.2 Å². The lowest BCUT2D eigenvalue weighted by Crippen LogP contribution is -2.38. The van der Waals surface area contributed by atoms with Gasteiger partial charge in [0, 0.05) is 42.5 Å². The van der Waals surface area contributed by atoms with E-state index < -0.39 is 0 Å². The van der Waals surface area contributed by atoms with Gasteiger partial charge in [-0.25, -0.2) is 4.98 Å². The largest absolute Gasteiger partial charge is 0.378 e. The molecule has 0 aliphatic carbocycles. The van der Waals surface area contributed by atoms with E-state index in [0.29, 0.717) is 25.3 Å². The first-order valence-corrected chi connectivity index (χ1v) is 9.35. The monoisotopic (exact) mass is 378 g/mol. The van der Waals surface area contributed by atoms with Crippen molar-refractivity contribution in [1.82, 2.24) is 15.3 Å². The number of aromatic nitrogens is 2. The first-order valence-electron chi connectivity index (χ1n) is 9.35. The van der Waals surface area contributed by atoms with Crippen LogP contribution in [0.1, 0.15) is 11.1 Å². The molecule has 2 aromatic heterocycles. The van der Waals surface area contributed by atoms with Gasteiger partial charge in [-0.15, -0.1) is 0 Å². The standard InChI is InChI=1S/C21H22N4O3/c26-19(13-17-12-15-4-1-2-6-18(15)24-21(17)27)23-14-16-5-3-7-22-20(16)25-8-10-28-11-9-25/h1-7,12H,8-11,13-14H2,(H,23,26)(H,24,27). The van der Waals surface area contributed by atoms with Crippen molar-refractivity contribution in [2.75, 3.05) is 31.2 Å². The SMILES string of the molecule is O=C(Cc1cc2ccccc2[nH]c1=O)NCc1cccnc1N1CCOCC1. The van der Waals surface area contributed by atoms with Crippen molar-refractivity contribution in [1.29, 1.82) is 0 Å². The Morgan fingerprint density at radius 1 is 1.14 bits per heavy atom. The number of para-hydroxylation sites is 1. The van der Waals surface area contributed by atoms with Crippen LogP contribution in [0.4, 0.5) is 5.82 Å². The molecule has 1 fully saturated rings. The molecule has 1 aromatic carbocycles. The van der Waals surface area contributed by atoms with Crippen LogP contribution >= 0.6 is 0 Å². The van der Waals surface area contributed by atoms with Crippen molar-refractivity contribution in [3.05, 3.63) is 70.1 Å². The Bertz CT molecular complexity index is 1040. The second kappa shape index (κ2) is 8.22. The number of morpholine rings is 1. The fourth-order valence-electron chi connectivity index (χ4n) is 3.38. The van der Waals surface area contributed by atoms with E-state index in [1.165, 1.54) is 0 Å². The minimum atomic E-state index is -0.232. The number of H-pyrrole nitrogens is 1. The van der Waals surface area contributed by atoms with Crippen LogP contribution in [0.5, 0.6) is 0 Å². The van der Waals surface area contributed by atoms with Gasteiger partial charge in [0.1, 0.15) is 5.82 Å². The molecule has 0 spiro atoms. The Morgan fingerprint density at radius 3 is 2.82 bits per heavy atom. The normalized spacial score (nSPS) is 14.2. The number of carbonyl (C=O) groups is 1. The van der Waals surface area contributed by atoms with Crippen LogP contribution in [0.2, 0.25) is 0 Å². The maximum atomic E-state index is 12.4.